The third-order valence-corrected chi connectivity index (χ3v) is 2.06. The van der Waals surface area contributed by atoms with Gasteiger partial charge in [-0.3, -0.25) is 0 Å². The Bertz CT molecular complexity index is 505. The van der Waals surface area contributed by atoms with Gasteiger partial charge in [0.1, 0.15) is 6.61 Å². The fraction of sp³-hybridized carbons (Fsp3) is 0.154. The van der Waals surface area contributed by atoms with Gasteiger partial charge in [-0.15, -0.1) is 5.92 Å². The highest BCUT2D eigenvalue weighted by atomic mass is 16.5. The van der Waals surface area contributed by atoms with Crippen LogP contribution in [0.1, 0.15) is 6.92 Å². The Morgan fingerprint density at radius 3 is 2.88 bits per heavy atom. The Kier molecular flexibility index (Phi) is 3.25. The van der Waals surface area contributed by atoms with E-state index in [-0.39, 0.29) is 0 Å². The second-order valence-electron chi connectivity index (χ2n) is 3.11. The van der Waals surface area contributed by atoms with Crippen molar-refractivity contribution in [1.82, 2.24) is 5.16 Å². The number of rotatable bonds is 3. The average Bonchev–Trinajstić information content (AvgIpc) is 2.79. The third kappa shape index (κ3) is 2.23. The van der Waals surface area contributed by atoms with Crippen LogP contribution < -0.4 is 4.74 Å². The molecule has 2 rings (SSSR count). The van der Waals surface area contributed by atoms with Crippen LogP contribution in [0.15, 0.2) is 41.1 Å². The molecule has 1 heterocycles. The zero-order chi connectivity index (χ0) is 11.2. The van der Waals surface area contributed by atoms with Crippen molar-refractivity contribution in [1.29, 1.82) is 0 Å². The van der Waals surface area contributed by atoms with Crippen LogP contribution in [0.5, 0.6) is 5.75 Å². The van der Waals surface area contributed by atoms with Crippen molar-refractivity contribution >= 4 is 0 Å². The molecular weight excluding hydrogens is 202 g/mol. The summed E-state index contributed by atoms with van der Waals surface area (Å²) in [5.41, 5.74) is 1.68. The smallest absolute Gasteiger partial charge is 0.188 e. The van der Waals surface area contributed by atoms with E-state index in [0.29, 0.717) is 18.1 Å². The molecule has 1 aromatic heterocycles. The Morgan fingerprint density at radius 2 is 2.12 bits per heavy atom. The summed E-state index contributed by atoms with van der Waals surface area (Å²) in [7, 11) is 0. The van der Waals surface area contributed by atoms with E-state index in [1.165, 1.54) is 6.26 Å². The lowest BCUT2D eigenvalue weighted by Crippen LogP contribution is -1.94. The Labute approximate surface area is 94.0 Å². The molecule has 3 heteroatoms. The maximum absolute atomic E-state index is 5.44. The van der Waals surface area contributed by atoms with Crippen molar-refractivity contribution in [3.8, 4) is 28.8 Å². The van der Waals surface area contributed by atoms with E-state index >= 15 is 0 Å². The van der Waals surface area contributed by atoms with Crippen molar-refractivity contribution in [3.05, 3.63) is 36.6 Å². The van der Waals surface area contributed by atoms with E-state index in [0.717, 1.165) is 5.56 Å². The van der Waals surface area contributed by atoms with Gasteiger partial charge in [0.05, 0.1) is 0 Å². The normalized spacial score (nSPS) is 9.31. The molecule has 16 heavy (non-hydrogen) atoms. The molecule has 0 amide bonds. The van der Waals surface area contributed by atoms with E-state index in [2.05, 4.69) is 17.0 Å². The molecule has 2 aromatic rings. The fourth-order valence-corrected chi connectivity index (χ4v) is 1.31. The van der Waals surface area contributed by atoms with Gasteiger partial charge >= 0.3 is 0 Å². The summed E-state index contributed by atoms with van der Waals surface area (Å²) in [6.07, 6.45) is 1.49. The fourth-order valence-electron chi connectivity index (χ4n) is 1.31. The lowest BCUT2D eigenvalue weighted by molar-refractivity contribution is 0.359. The average molecular weight is 213 g/mol. The standard InChI is InChI=1S/C13H11NO2/c1-2-3-9-15-12-10-16-14-13(12)11-7-5-4-6-8-11/h4-8,10H,9H2,1H3. The monoisotopic (exact) mass is 213 g/mol. The molecule has 0 saturated heterocycles. The van der Waals surface area contributed by atoms with Gasteiger partial charge in [-0.25, -0.2) is 0 Å². The molecule has 0 aliphatic rings. The highest BCUT2D eigenvalue weighted by Crippen LogP contribution is 2.27. The molecule has 0 aliphatic heterocycles. The van der Waals surface area contributed by atoms with Gasteiger partial charge < -0.3 is 9.26 Å². The predicted molar refractivity (Wildman–Crippen MR) is 60.9 cm³/mol. The highest BCUT2D eigenvalue weighted by Gasteiger charge is 2.10. The molecule has 0 radical (unpaired) electrons. The summed E-state index contributed by atoms with van der Waals surface area (Å²) in [6, 6.07) is 9.75. The summed E-state index contributed by atoms with van der Waals surface area (Å²) >= 11 is 0. The molecule has 0 unspecified atom stereocenters. The molecule has 0 fully saturated rings. The second-order valence-corrected chi connectivity index (χ2v) is 3.11. The summed E-state index contributed by atoms with van der Waals surface area (Å²) in [6.45, 7) is 2.12. The first kappa shape index (κ1) is 10.3. The largest absolute Gasteiger partial charge is 0.475 e. The molecule has 0 spiro atoms. The molecule has 0 bridgehead atoms. The zero-order valence-corrected chi connectivity index (χ0v) is 8.93. The van der Waals surface area contributed by atoms with Crippen LogP contribution in [0.25, 0.3) is 11.3 Å². The summed E-state index contributed by atoms with van der Waals surface area (Å²) in [5, 5.41) is 3.92. The number of hydrogen-bond donors (Lipinski definition) is 0. The minimum absolute atomic E-state index is 0.345. The van der Waals surface area contributed by atoms with Gasteiger partial charge in [0.15, 0.2) is 17.7 Å². The van der Waals surface area contributed by atoms with Crippen molar-refractivity contribution in [2.45, 2.75) is 6.92 Å². The first-order valence-electron chi connectivity index (χ1n) is 4.94. The minimum atomic E-state index is 0.345. The number of benzene rings is 1. The van der Waals surface area contributed by atoms with Crippen LogP contribution in [0.2, 0.25) is 0 Å². The van der Waals surface area contributed by atoms with Crippen molar-refractivity contribution in [3.63, 3.8) is 0 Å². The van der Waals surface area contributed by atoms with Gasteiger partial charge in [0.2, 0.25) is 0 Å². The molecule has 0 aliphatic carbocycles. The lowest BCUT2D eigenvalue weighted by atomic mass is 10.1. The summed E-state index contributed by atoms with van der Waals surface area (Å²) in [4.78, 5) is 0. The van der Waals surface area contributed by atoms with Crippen LogP contribution in [-0.2, 0) is 0 Å². The molecule has 0 N–H and O–H groups in total. The number of nitrogens with zero attached hydrogens (tertiary/aromatic N) is 1. The van der Waals surface area contributed by atoms with Crippen LogP contribution in [0.4, 0.5) is 0 Å². The Morgan fingerprint density at radius 1 is 1.31 bits per heavy atom. The SMILES string of the molecule is CC#CCOc1conc1-c1ccccc1. The highest BCUT2D eigenvalue weighted by molar-refractivity contribution is 5.64. The zero-order valence-electron chi connectivity index (χ0n) is 8.93. The van der Waals surface area contributed by atoms with Crippen LogP contribution in [0.3, 0.4) is 0 Å². The lowest BCUT2D eigenvalue weighted by Gasteiger charge is -2.00. The van der Waals surface area contributed by atoms with Gasteiger partial charge in [-0.1, -0.05) is 41.4 Å². The van der Waals surface area contributed by atoms with Crippen LogP contribution >= 0.6 is 0 Å². The quantitative estimate of drug-likeness (QED) is 0.735. The maximum atomic E-state index is 5.44. The third-order valence-electron chi connectivity index (χ3n) is 2.06. The first-order valence-corrected chi connectivity index (χ1v) is 4.94. The van der Waals surface area contributed by atoms with Gasteiger partial charge in [0, 0.05) is 5.56 Å². The van der Waals surface area contributed by atoms with Gasteiger partial charge in [0.25, 0.3) is 0 Å². The maximum Gasteiger partial charge on any atom is 0.188 e. The summed E-state index contributed by atoms with van der Waals surface area (Å²) in [5.74, 6) is 6.21. The van der Waals surface area contributed by atoms with Crippen molar-refractivity contribution in [2.75, 3.05) is 6.61 Å². The van der Waals surface area contributed by atoms with E-state index in [1.54, 1.807) is 6.92 Å². The molecule has 0 saturated carbocycles. The second kappa shape index (κ2) is 5.04. The Hall–Kier alpha value is -2.21. The number of hydrogen-bond acceptors (Lipinski definition) is 3. The number of aromatic nitrogens is 1. The van der Waals surface area contributed by atoms with Crippen LogP contribution in [-0.4, -0.2) is 11.8 Å². The molecule has 0 atom stereocenters. The van der Waals surface area contributed by atoms with Crippen LogP contribution in [0, 0.1) is 11.8 Å². The van der Waals surface area contributed by atoms with E-state index in [1.807, 2.05) is 30.3 Å². The summed E-state index contributed by atoms with van der Waals surface area (Å²) < 4.78 is 10.3. The minimum Gasteiger partial charge on any atom is -0.475 e. The van der Waals surface area contributed by atoms with E-state index in [4.69, 9.17) is 9.26 Å². The number of ether oxygens (including phenoxy) is 1. The Balaban J connectivity index is 2.21. The van der Waals surface area contributed by atoms with Crippen molar-refractivity contribution < 1.29 is 9.26 Å². The van der Waals surface area contributed by atoms with Gasteiger partial charge in [-0.05, 0) is 6.92 Å². The first-order chi connectivity index (χ1) is 7.92. The van der Waals surface area contributed by atoms with Crippen molar-refractivity contribution in [2.24, 2.45) is 0 Å². The molecular formula is C13H11NO2. The predicted octanol–water partition coefficient (Wildman–Crippen LogP) is 2.74. The topological polar surface area (TPSA) is 35.3 Å². The molecule has 80 valence electrons. The van der Waals surface area contributed by atoms with Gasteiger partial charge in [-0.2, -0.15) is 0 Å². The van der Waals surface area contributed by atoms with E-state index in [9.17, 15) is 0 Å². The van der Waals surface area contributed by atoms with E-state index < -0.39 is 0 Å². The molecule has 3 nitrogen and oxygen atoms in total. The molecule has 1 aromatic carbocycles.